The van der Waals surface area contributed by atoms with E-state index in [1.54, 1.807) is 7.11 Å². The number of aliphatic carboxylic acids is 1. The summed E-state index contributed by atoms with van der Waals surface area (Å²) in [6.45, 7) is 2.05. The molecule has 3 N–H and O–H groups in total. The molecule has 2 aliphatic rings. The topological polar surface area (TPSA) is 87.7 Å². The van der Waals surface area contributed by atoms with Crippen LogP contribution in [-0.4, -0.2) is 30.1 Å². The van der Waals surface area contributed by atoms with Crippen LogP contribution in [0.25, 0.3) is 16.7 Å². The number of fused-ring (bicyclic) bond motifs is 1. The molecule has 0 fully saturated rings. The van der Waals surface area contributed by atoms with Crippen molar-refractivity contribution in [3.05, 3.63) is 65.4 Å². The maximum absolute atomic E-state index is 12.7. The smallest absolute Gasteiger partial charge is 0.303 e. The number of anilines is 1. The van der Waals surface area contributed by atoms with Crippen molar-refractivity contribution in [2.75, 3.05) is 12.4 Å². The molecule has 0 bridgehead atoms. The summed E-state index contributed by atoms with van der Waals surface area (Å²) in [7, 11) is 1.64. The highest BCUT2D eigenvalue weighted by Gasteiger charge is 2.27. The fourth-order valence-corrected chi connectivity index (χ4v) is 4.00. The third-order valence-corrected chi connectivity index (χ3v) is 5.47. The standard InChI is InChI=1S/C24H24N2O4/c1-14-10-17(7-9-23(27)28)21(25-14)13-20-19-8-6-16(12-22(19)26-24(20)29)15-4-3-5-18(11-15)30-2/h3-6,8,11-14,25H,7,9-10H2,1-2H3,(H,26,29)(H,27,28)/b20-13-. The normalized spacial score (nSPS) is 18.9. The van der Waals surface area contributed by atoms with Crippen molar-refractivity contribution >= 4 is 23.1 Å². The number of hydrogen-bond donors (Lipinski definition) is 3. The predicted molar refractivity (Wildman–Crippen MR) is 116 cm³/mol. The molecule has 1 amide bonds. The SMILES string of the molecule is COc1cccc(-c2ccc3c(c2)NC(=O)/C3=C\C2=C(CCC(=O)O)CC(C)N2)c1. The van der Waals surface area contributed by atoms with Gasteiger partial charge in [-0.1, -0.05) is 24.3 Å². The average Bonchev–Trinajstić information content (AvgIpc) is 3.24. The zero-order valence-corrected chi connectivity index (χ0v) is 17.0. The highest BCUT2D eigenvalue weighted by molar-refractivity contribution is 6.32. The van der Waals surface area contributed by atoms with Gasteiger partial charge in [0.2, 0.25) is 0 Å². The second-order valence-corrected chi connectivity index (χ2v) is 7.66. The van der Waals surface area contributed by atoms with E-state index in [-0.39, 0.29) is 18.4 Å². The number of carbonyl (C=O) groups is 2. The first kappa shape index (κ1) is 19.8. The summed E-state index contributed by atoms with van der Waals surface area (Å²) >= 11 is 0. The molecule has 1 atom stereocenters. The number of nitrogens with one attached hydrogen (secondary N) is 2. The van der Waals surface area contributed by atoms with Crippen LogP contribution < -0.4 is 15.4 Å². The van der Waals surface area contributed by atoms with Crippen molar-refractivity contribution in [1.82, 2.24) is 5.32 Å². The molecule has 30 heavy (non-hydrogen) atoms. The summed E-state index contributed by atoms with van der Waals surface area (Å²) in [5.41, 5.74) is 6.11. The number of allylic oxidation sites excluding steroid dienone is 1. The van der Waals surface area contributed by atoms with Gasteiger partial charge in [0, 0.05) is 29.4 Å². The van der Waals surface area contributed by atoms with Crippen molar-refractivity contribution in [3.8, 4) is 16.9 Å². The first-order valence-corrected chi connectivity index (χ1v) is 9.97. The van der Waals surface area contributed by atoms with Crippen LogP contribution in [-0.2, 0) is 9.59 Å². The minimum absolute atomic E-state index is 0.0864. The Morgan fingerprint density at radius 3 is 2.80 bits per heavy atom. The number of methoxy groups -OCH3 is 1. The second kappa shape index (κ2) is 8.06. The number of benzene rings is 2. The van der Waals surface area contributed by atoms with Crippen molar-refractivity contribution in [2.24, 2.45) is 0 Å². The van der Waals surface area contributed by atoms with Gasteiger partial charge < -0.3 is 20.5 Å². The summed E-state index contributed by atoms with van der Waals surface area (Å²) in [6, 6.07) is 13.9. The van der Waals surface area contributed by atoms with Crippen molar-refractivity contribution in [2.45, 2.75) is 32.2 Å². The van der Waals surface area contributed by atoms with Crippen molar-refractivity contribution in [3.63, 3.8) is 0 Å². The van der Waals surface area contributed by atoms with Gasteiger partial charge in [0.05, 0.1) is 12.7 Å². The number of carboxylic acids is 1. The van der Waals surface area contributed by atoms with Gasteiger partial charge in [-0.15, -0.1) is 0 Å². The minimum Gasteiger partial charge on any atom is -0.497 e. The molecule has 6 heteroatoms. The van der Waals surface area contributed by atoms with E-state index in [2.05, 4.69) is 17.6 Å². The quantitative estimate of drug-likeness (QED) is 0.628. The second-order valence-electron chi connectivity index (χ2n) is 7.66. The van der Waals surface area contributed by atoms with E-state index >= 15 is 0 Å². The number of rotatable bonds is 6. The summed E-state index contributed by atoms with van der Waals surface area (Å²) in [6.07, 6.45) is 3.21. The van der Waals surface area contributed by atoms with Crippen LogP contribution >= 0.6 is 0 Å². The number of hydrogen-bond acceptors (Lipinski definition) is 4. The zero-order valence-electron chi connectivity index (χ0n) is 17.0. The van der Waals surface area contributed by atoms with Gasteiger partial charge >= 0.3 is 5.97 Å². The fourth-order valence-electron chi connectivity index (χ4n) is 4.00. The molecule has 0 aromatic heterocycles. The van der Waals surface area contributed by atoms with E-state index in [1.807, 2.05) is 48.5 Å². The number of carboxylic acid groups (broad SMARTS) is 1. The Labute approximate surface area is 175 Å². The first-order valence-electron chi connectivity index (χ1n) is 9.97. The highest BCUT2D eigenvalue weighted by Crippen LogP contribution is 2.37. The molecule has 0 aliphatic carbocycles. The number of ether oxygens (including phenoxy) is 1. The molecule has 2 aliphatic heterocycles. The summed E-state index contributed by atoms with van der Waals surface area (Å²) in [4.78, 5) is 23.6. The Balaban J connectivity index is 1.67. The predicted octanol–water partition coefficient (Wildman–Crippen LogP) is 4.20. The lowest BCUT2D eigenvalue weighted by Gasteiger charge is -2.08. The molecule has 0 saturated carbocycles. The van der Waals surface area contributed by atoms with E-state index in [0.29, 0.717) is 12.0 Å². The molecular weight excluding hydrogens is 380 g/mol. The maximum Gasteiger partial charge on any atom is 0.303 e. The lowest BCUT2D eigenvalue weighted by molar-refractivity contribution is -0.137. The molecule has 2 aromatic rings. The van der Waals surface area contributed by atoms with Crippen LogP contribution in [0.4, 0.5) is 5.69 Å². The number of carbonyl (C=O) groups excluding carboxylic acids is 1. The van der Waals surface area contributed by atoms with Crippen LogP contribution in [0, 0.1) is 0 Å². The molecule has 154 valence electrons. The van der Waals surface area contributed by atoms with E-state index in [9.17, 15) is 9.59 Å². The highest BCUT2D eigenvalue weighted by atomic mass is 16.5. The van der Waals surface area contributed by atoms with Gasteiger partial charge in [-0.2, -0.15) is 0 Å². The molecule has 1 unspecified atom stereocenters. The Morgan fingerprint density at radius 1 is 1.23 bits per heavy atom. The van der Waals surface area contributed by atoms with Crippen molar-refractivity contribution < 1.29 is 19.4 Å². The minimum atomic E-state index is -0.817. The molecule has 2 heterocycles. The van der Waals surface area contributed by atoms with Gasteiger partial charge in [-0.3, -0.25) is 9.59 Å². The third-order valence-electron chi connectivity index (χ3n) is 5.47. The molecular formula is C24H24N2O4. The van der Waals surface area contributed by atoms with Crippen LogP contribution in [0.5, 0.6) is 5.75 Å². The Bertz CT molecular complexity index is 1080. The van der Waals surface area contributed by atoms with Crippen LogP contribution in [0.1, 0.15) is 31.7 Å². The average molecular weight is 404 g/mol. The van der Waals surface area contributed by atoms with E-state index in [4.69, 9.17) is 9.84 Å². The molecule has 0 radical (unpaired) electrons. The molecule has 2 aromatic carbocycles. The van der Waals surface area contributed by atoms with Gasteiger partial charge in [0.1, 0.15) is 5.75 Å². The van der Waals surface area contributed by atoms with Gasteiger partial charge in [-0.25, -0.2) is 0 Å². The first-order chi connectivity index (χ1) is 14.4. The van der Waals surface area contributed by atoms with Crippen LogP contribution in [0.3, 0.4) is 0 Å². The molecule has 4 rings (SSSR count). The van der Waals surface area contributed by atoms with Gasteiger partial charge in [0.15, 0.2) is 0 Å². The molecule has 6 nitrogen and oxygen atoms in total. The lowest BCUT2D eigenvalue weighted by Crippen LogP contribution is -2.17. The molecule has 0 spiro atoms. The zero-order chi connectivity index (χ0) is 21.3. The van der Waals surface area contributed by atoms with E-state index in [0.717, 1.165) is 45.8 Å². The largest absolute Gasteiger partial charge is 0.497 e. The van der Waals surface area contributed by atoms with E-state index < -0.39 is 5.97 Å². The van der Waals surface area contributed by atoms with Crippen LogP contribution in [0.15, 0.2) is 59.8 Å². The van der Waals surface area contributed by atoms with Gasteiger partial charge in [-0.05, 0) is 60.7 Å². The Morgan fingerprint density at radius 2 is 2.03 bits per heavy atom. The third kappa shape index (κ3) is 3.94. The van der Waals surface area contributed by atoms with Crippen LogP contribution in [0.2, 0.25) is 0 Å². The fraction of sp³-hybridized carbons (Fsp3) is 0.250. The summed E-state index contributed by atoms with van der Waals surface area (Å²) < 4.78 is 5.30. The monoisotopic (exact) mass is 404 g/mol. The van der Waals surface area contributed by atoms with Crippen molar-refractivity contribution in [1.29, 1.82) is 0 Å². The van der Waals surface area contributed by atoms with E-state index in [1.165, 1.54) is 0 Å². The number of amides is 1. The summed E-state index contributed by atoms with van der Waals surface area (Å²) in [5.74, 6) is -0.192. The lowest BCUT2D eigenvalue weighted by atomic mass is 9.99. The Hall–Kier alpha value is -3.54. The summed E-state index contributed by atoms with van der Waals surface area (Å²) in [5, 5.41) is 15.3. The molecule has 0 saturated heterocycles. The van der Waals surface area contributed by atoms with Gasteiger partial charge in [0.25, 0.3) is 5.91 Å². The Kier molecular flexibility index (Phi) is 5.31. The maximum atomic E-state index is 12.7.